The summed E-state index contributed by atoms with van der Waals surface area (Å²) in [6, 6.07) is 5.64. The van der Waals surface area contributed by atoms with E-state index < -0.39 is 0 Å². The topological polar surface area (TPSA) is 47.0 Å². The molecule has 0 saturated carbocycles. The summed E-state index contributed by atoms with van der Waals surface area (Å²) in [5, 5.41) is 3.99. The zero-order valence-corrected chi connectivity index (χ0v) is 14.0. The molecule has 21 heavy (non-hydrogen) atoms. The van der Waals surface area contributed by atoms with Crippen LogP contribution in [0.1, 0.15) is 18.2 Å². The third kappa shape index (κ3) is 3.05. The van der Waals surface area contributed by atoms with Crippen molar-refractivity contribution in [2.75, 3.05) is 18.5 Å². The molecule has 4 nitrogen and oxygen atoms in total. The molecule has 1 aliphatic rings. The Kier molecular flexibility index (Phi) is 4.42. The van der Waals surface area contributed by atoms with Crippen LogP contribution in [0.15, 0.2) is 22.7 Å². The Hall–Kier alpha value is -1.17. The summed E-state index contributed by atoms with van der Waals surface area (Å²) >= 11 is 9.53. The summed E-state index contributed by atoms with van der Waals surface area (Å²) in [6.45, 7) is 4.14. The fourth-order valence-corrected chi connectivity index (χ4v) is 3.20. The molecule has 0 unspecified atom stereocenters. The van der Waals surface area contributed by atoms with Gasteiger partial charge in [-0.25, -0.2) is 9.97 Å². The first-order valence-corrected chi connectivity index (χ1v) is 8.03. The highest BCUT2D eigenvalue weighted by Gasteiger charge is 2.19. The molecule has 1 N–H and O–H groups in total. The first-order chi connectivity index (χ1) is 10.2. The van der Waals surface area contributed by atoms with Crippen molar-refractivity contribution in [3.8, 4) is 11.4 Å². The molecule has 0 saturated heterocycles. The van der Waals surface area contributed by atoms with Crippen molar-refractivity contribution >= 4 is 33.3 Å². The largest absolute Gasteiger partial charge is 0.376 e. The van der Waals surface area contributed by atoms with Crippen LogP contribution in [0.5, 0.6) is 0 Å². The van der Waals surface area contributed by atoms with Crippen LogP contribution >= 0.6 is 27.5 Å². The summed E-state index contributed by atoms with van der Waals surface area (Å²) < 4.78 is 6.41. The van der Waals surface area contributed by atoms with Gasteiger partial charge in [0.05, 0.1) is 18.9 Å². The monoisotopic (exact) mass is 367 g/mol. The van der Waals surface area contributed by atoms with Crippen LogP contribution in [0.3, 0.4) is 0 Å². The van der Waals surface area contributed by atoms with Gasteiger partial charge in [0, 0.05) is 33.6 Å². The molecular formula is C15H15BrClN3O. The van der Waals surface area contributed by atoms with Crippen molar-refractivity contribution in [3.05, 3.63) is 39.0 Å². The average Bonchev–Trinajstić information content (AvgIpc) is 2.47. The third-order valence-corrected chi connectivity index (χ3v) is 4.23. The second-order valence-electron chi connectivity index (χ2n) is 4.78. The zero-order chi connectivity index (χ0) is 14.8. The molecule has 6 heteroatoms. The van der Waals surface area contributed by atoms with Gasteiger partial charge in [0.2, 0.25) is 0 Å². The number of nitrogens with one attached hydrogen (secondary N) is 1. The molecule has 2 aromatic rings. The minimum absolute atomic E-state index is 0.569. The van der Waals surface area contributed by atoms with Crippen molar-refractivity contribution in [1.29, 1.82) is 0 Å². The van der Waals surface area contributed by atoms with Gasteiger partial charge in [-0.2, -0.15) is 0 Å². The lowest BCUT2D eigenvalue weighted by Crippen LogP contribution is -2.17. The summed E-state index contributed by atoms with van der Waals surface area (Å²) in [5.41, 5.74) is 3.06. The van der Waals surface area contributed by atoms with E-state index in [4.69, 9.17) is 21.3 Å². The molecule has 0 radical (unpaired) electrons. The molecule has 1 aliphatic heterocycles. The molecule has 110 valence electrons. The number of benzene rings is 1. The first kappa shape index (κ1) is 14.8. The highest BCUT2D eigenvalue weighted by atomic mass is 79.9. The number of halogens is 2. The Morgan fingerprint density at radius 2 is 2.24 bits per heavy atom. The van der Waals surface area contributed by atoms with Crippen molar-refractivity contribution in [2.45, 2.75) is 20.0 Å². The van der Waals surface area contributed by atoms with E-state index in [0.29, 0.717) is 24.1 Å². The predicted octanol–water partition coefficient (Wildman–Crippen LogP) is 4.06. The van der Waals surface area contributed by atoms with Gasteiger partial charge in [-0.3, -0.25) is 0 Å². The van der Waals surface area contributed by atoms with Crippen LogP contribution in [0.4, 0.5) is 5.82 Å². The number of ether oxygens (including phenoxy) is 1. The molecule has 1 aromatic carbocycles. The maximum atomic E-state index is 6.00. The van der Waals surface area contributed by atoms with Crippen molar-refractivity contribution in [1.82, 2.24) is 9.97 Å². The molecule has 0 atom stereocenters. The lowest BCUT2D eigenvalue weighted by atomic mass is 10.1. The van der Waals surface area contributed by atoms with E-state index in [1.165, 1.54) is 0 Å². The molecule has 1 aromatic heterocycles. The standard InChI is InChI=1S/C15H15BrClN3O/c1-2-18-14-11-8-21-6-5-13(11)19-15(20-14)10-4-3-9(17)7-12(10)16/h3-4,7H,2,5-6,8H2,1H3,(H,18,19,20). The molecule has 0 amide bonds. The smallest absolute Gasteiger partial charge is 0.162 e. The Morgan fingerprint density at radius 3 is 3.00 bits per heavy atom. The maximum absolute atomic E-state index is 6.00. The van der Waals surface area contributed by atoms with E-state index in [2.05, 4.69) is 33.2 Å². The van der Waals surface area contributed by atoms with Crippen LogP contribution < -0.4 is 5.32 Å². The Balaban J connectivity index is 2.12. The molecule has 0 aliphatic carbocycles. The zero-order valence-electron chi connectivity index (χ0n) is 11.6. The molecule has 0 spiro atoms. The molecule has 0 fully saturated rings. The number of hydrogen-bond donors (Lipinski definition) is 1. The second kappa shape index (κ2) is 6.30. The summed E-state index contributed by atoms with van der Waals surface area (Å²) in [5.74, 6) is 1.56. The van der Waals surface area contributed by atoms with Crippen LogP contribution in [0, 0.1) is 0 Å². The van der Waals surface area contributed by atoms with Gasteiger partial charge in [0.15, 0.2) is 5.82 Å². The number of fused-ring (bicyclic) bond motifs is 1. The summed E-state index contributed by atoms with van der Waals surface area (Å²) in [4.78, 5) is 9.37. The fraction of sp³-hybridized carbons (Fsp3) is 0.333. The van der Waals surface area contributed by atoms with Gasteiger partial charge >= 0.3 is 0 Å². The Labute approximate surface area is 137 Å². The predicted molar refractivity (Wildman–Crippen MR) is 87.7 cm³/mol. The van der Waals surface area contributed by atoms with Crippen LogP contribution in [0.2, 0.25) is 5.02 Å². The van der Waals surface area contributed by atoms with E-state index in [1.807, 2.05) is 18.2 Å². The van der Waals surface area contributed by atoms with Gasteiger partial charge in [-0.1, -0.05) is 11.6 Å². The van der Waals surface area contributed by atoms with Gasteiger partial charge < -0.3 is 10.1 Å². The first-order valence-electron chi connectivity index (χ1n) is 6.86. The van der Waals surface area contributed by atoms with Crippen LogP contribution in [0.25, 0.3) is 11.4 Å². The summed E-state index contributed by atoms with van der Waals surface area (Å²) in [7, 11) is 0. The normalized spacial score (nSPS) is 13.9. The lowest BCUT2D eigenvalue weighted by Gasteiger charge is -2.20. The molecule has 2 heterocycles. The van der Waals surface area contributed by atoms with Crippen LogP contribution in [-0.4, -0.2) is 23.1 Å². The van der Waals surface area contributed by atoms with Gasteiger partial charge in [-0.05, 0) is 41.1 Å². The molecular weight excluding hydrogens is 354 g/mol. The second-order valence-corrected chi connectivity index (χ2v) is 6.07. The third-order valence-electron chi connectivity index (χ3n) is 3.34. The number of hydrogen-bond acceptors (Lipinski definition) is 4. The summed E-state index contributed by atoms with van der Waals surface area (Å²) in [6.07, 6.45) is 0.814. The van der Waals surface area contributed by atoms with E-state index in [-0.39, 0.29) is 0 Å². The average molecular weight is 369 g/mol. The minimum Gasteiger partial charge on any atom is -0.376 e. The van der Waals surface area contributed by atoms with Crippen LogP contribution in [-0.2, 0) is 17.8 Å². The maximum Gasteiger partial charge on any atom is 0.162 e. The molecule has 0 bridgehead atoms. The van der Waals surface area contributed by atoms with Gasteiger partial charge in [0.1, 0.15) is 5.82 Å². The fourth-order valence-electron chi connectivity index (χ4n) is 2.34. The SMILES string of the molecule is CCNc1nc(-c2ccc(Cl)cc2Br)nc2c1COCC2. The minimum atomic E-state index is 0.569. The molecule has 3 rings (SSSR count). The van der Waals surface area contributed by atoms with E-state index in [0.717, 1.165) is 40.1 Å². The Morgan fingerprint density at radius 1 is 1.38 bits per heavy atom. The van der Waals surface area contributed by atoms with E-state index in [1.54, 1.807) is 0 Å². The van der Waals surface area contributed by atoms with Gasteiger partial charge in [0.25, 0.3) is 0 Å². The van der Waals surface area contributed by atoms with E-state index in [9.17, 15) is 0 Å². The lowest BCUT2D eigenvalue weighted by molar-refractivity contribution is 0.109. The number of aromatic nitrogens is 2. The Bertz CT molecular complexity index is 678. The number of anilines is 1. The quantitative estimate of drug-likeness (QED) is 0.887. The van der Waals surface area contributed by atoms with E-state index >= 15 is 0 Å². The van der Waals surface area contributed by atoms with Crippen molar-refractivity contribution < 1.29 is 4.74 Å². The number of rotatable bonds is 3. The highest BCUT2D eigenvalue weighted by molar-refractivity contribution is 9.10. The van der Waals surface area contributed by atoms with Gasteiger partial charge in [-0.15, -0.1) is 0 Å². The van der Waals surface area contributed by atoms with Crippen molar-refractivity contribution in [2.24, 2.45) is 0 Å². The van der Waals surface area contributed by atoms with Crippen molar-refractivity contribution in [3.63, 3.8) is 0 Å². The number of nitrogens with zero attached hydrogens (tertiary/aromatic N) is 2. The highest BCUT2D eigenvalue weighted by Crippen LogP contribution is 2.31.